The minimum Gasteiger partial charge on any atom is -0.224 e. The van der Waals surface area contributed by atoms with Crippen LogP contribution >= 0.6 is 11.3 Å². The Balaban J connectivity index is 3.07. The molecule has 7 heteroatoms. The third-order valence-electron chi connectivity index (χ3n) is 1.52. The van der Waals surface area contributed by atoms with Gasteiger partial charge in [0.25, 0.3) is 0 Å². The predicted molar refractivity (Wildman–Crippen MR) is 49.9 cm³/mol. The molecule has 1 atom stereocenters. The first-order valence-electron chi connectivity index (χ1n) is 3.39. The third kappa shape index (κ3) is 2.33. The Kier molecular flexibility index (Phi) is 2.79. The van der Waals surface area contributed by atoms with Gasteiger partial charge in [0, 0.05) is 0 Å². The molecule has 2 N–H and O–H groups in total. The second-order valence-corrected chi connectivity index (χ2v) is 5.22. The van der Waals surface area contributed by atoms with Crippen LogP contribution in [0.4, 0.5) is 0 Å². The van der Waals surface area contributed by atoms with Crippen molar-refractivity contribution < 1.29 is 8.42 Å². The van der Waals surface area contributed by atoms with E-state index in [0.717, 1.165) is 11.3 Å². The number of hydrogen-bond donors (Lipinski definition) is 1. The van der Waals surface area contributed by atoms with Gasteiger partial charge < -0.3 is 0 Å². The molecule has 0 amide bonds. The van der Waals surface area contributed by atoms with Crippen molar-refractivity contribution in [1.29, 1.82) is 0 Å². The molecule has 1 aromatic rings. The Morgan fingerprint density at radius 3 is 2.62 bits per heavy atom. The zero-order chi connectivity index (χ0) is 10.1. The minimum absolute atomic E-state index is 0.0537. The highest BCUT2D eigenvalue weighted by molar-refractivity contribution is 7.91. The van der Waals surface area contributed by atoms with Gasteiger partial charge in [0.15, 0.2) is 0 Å². The first kappa shape index (κ1) is 10.3. The van der Waals surface area contributed by atoms with Gasteiger partial charge in [-0.25, -0.2) is 13.6 Å². The molecule has 0 fully saturated rings. The van der Waals surface area contributed by atoms with Crippen LogP contribution < -0.4 is 5.14 Å². The number of sulfonamides is 1. The molecule has 0 saturated heterocycles. The average molecular weight is 220 g/mol. The fourth-order valence-electron chi connectivity index (χ4n) is 0.759. The molecule has 0 aromatic carbocycles. The lowest BCUT2D eigenvalue weighted by Gasteiger charge is -1.95. The van der Waals surface area contributed by atoms with E-state index in [4.69, 9.17) is 5.14 Å². The maximum atomic E-state index is 10.8. The largest absolute Gasteiger partial charge is 0.247 e. The molecule has 1 heterocycles. The highest BCUT2D eigenvalue weighted by Crippen LogP contribution is 2.25. The Hall–Kier alpha value is -0.790. The smallest absolute Gasteiger partial charge is 0.224 e. The van der Waals surface area contributed by atoms with Gasteiger partial charge in [-0.15, -0.1) is 11.3 Å². The Labute approximate surface area is 79.6 Å². The number of hydrogen-bond acceptors (Lipinski definition) is 5. The Bertz CT molecular complexity index is 409. The van der Waals surface area contributed by atoms with Gasteiger partial charge in [-0.1, -0.05) is 5.18 Å². The van der Waals surface area contributed by atoms with E-state index in [1.54, 1.807) is 12.3 Å². The summed E-state index contributed by atoms with van der Waals surface area (Å²) in [5, 5.41) is 9.22. The molecule has 0 radical (unpaired) electrons. The van der Waals surface area contributed by atoms with E-state index in [9.17, 15) is 13.3 Å². The molecule has 0 spiro atoms. The summed E-state index contributed by atoms with van der Waals surface area (Å²) >= 11 is 0.988. The summed E-state index contributed by atoms with van der Waals surface area (Å²) in [5.41, 5.74) is 0.573. The number of thiophene rings is 1. The fourth-order valence-corrected chi connectivity index (χ4v) is 2.46. The summed E-state index contributed by atoms with van der Waals surface area (Å²) < 4.78 is 21.7. The van der Waals surface area contributed by atoms with Gasteiger partial charge in [0.05, 0.1) is 0 Å². The molecule has 5 nitrogen and oxygen atoms in total. The van der Waals surface area contributed by atoms with Crippen molar-refractivity contribution in [2.75, 3.05) is 0 Å². The van der Waals surface area contributed by atoms with Crippen molar-refractivity contribution in [2.24, 2.45) is 10.3 Å². The molecule has 1 unspecified atom stereocenters. The van der Waals surface area contributed by atoms with Crippen LogP contribution in [0, 0.1) is 4.91 Å². The van der Waals surface area contributed by atoms with Crippen molar-refractivity contribution in [3.05, 3.63) is 21.9 Å². The SMILES string of the molecule is CC(N=O)c1csc(S(N)(=O)=O)c1. The van der Waals surface area contributed by atoms with Gasteiger partial charge in [-0.3, -0.25) is 0 Å². The summed E-state index contributed by atoms with van der Waals surface area (Å²) in [6.45, 7) is 1.59. The van der Waals surface area contributed by atoms with Gasteiger partial charge in [-0.2, -0.15) is 4.91 Å². The summed E-state index contributed by atoms with van der Waals surface area (Å²) in [6.07, 6.45) is 0. The number of nitrogens with zero attached hydrogens (tertiary/aromatic N) is 1. The van der Waals surface area contributed by atoms with Crippen molar-refractivity contribution in [3.63, 3.8) is 0 Å². The molecule has 1 rings (SSSR count). The van der Waals surface area contributed by atoms with Crippen LogP contribution in [-0.4, -0.2) is 8.42 Å². The second kappa shape index (κ2) is 3.52. The number of rotatable bonds is 3. The molecule has 0 aliphatic carbocycles. The molecule has 0 saturated carbocycles. The number of primary sulfonamides is 1. The van der Waals surface area contributed by atoms with Gasteiger partial charge in [0.1, 0.15) is 10.3 Å². The van der Waals surface area contributed by atoms with E-state index in [1.807, 2.05) is 0 Å². The fraction of sp³-hybridized carbons (Fsp3) is 0.333. The van der Waals surface area contributed by atoms with Crippen molar-refractivity contribution >= 4 is 21.4 Å². The highest BCUT2D eigenvalue weighted by Gasteiger charge is 2.14. The highest BCUT2D eigenvalue weighted by atomic mass is 32.2. The van der Waals surface area contributed by atoms with Crippen LogP contribution in [0.1, 0.15) is 18.5 Å². The predicted octanol–water partition coefficient (Wildman–Crippen LogP) is 1.22. The quantitative estimate of drug-likeness (QED) is 0.776. The molecule has 1 aromatic heterocycles. The summed E-state index contributed by atoms with van der Waals surface area (Å²) in [4.78, 5) is 10.1. The number of nitroso groups, excluding NO2 is 1. The summed E-state index contributed by atoms with van der Waals surface area (Å²) in [5.74, 6) is 0. The van der Waals surface area contributed by atoms with Crippen LogP contribution in [0.5, 0.6) is 0 Å². The van der Waals surface area contributed by atoms with Crippen molar-refractivity contribution in [3.8, 4) is 0 Å². The topological polar surface area (TPSA) is 89.6 Å². The van der Waals surface area contributed by atoms with Gasteiger partial charge in [0.2, 0.25) is 10.0 Å². The summed E-state index contributed by atoms with van der Waals surface area (Å²) in [7, 11) is -3.65. The standard InChI is InChI=1S/C6H8N2O3S2/c1-4(8-9)5-2-6(12-3-5)13(7,10)11/h2-4H,1H3,(H2,7,10,11). The molecule has 0 aliphatic rings. The Morgan fingerprint density at radius 1 is 1.62 bits per heavy atom. The lowest BCUT2D eigenvalue weighted by Crippen LogP contribution is -2.10. The first-order chi connectivity index (χ1) is 5.95. The minimum atomic E-state index is -3.65. The average Bonchev–Trinajstić information content (AvgIpc) is 2.50. The van der Waals surface area contributed by atoms with Crippen LogP contribution in [0.3, 0.4) is 0 Å². The molecular weight excluding hydrogens is 212 g/mol. The number of nitrogens with two attached hydrogens (primary N) is 1. The zero-order valence-corrected chi connectivity index (χ0v) is 8.43. The van der Waals surface area contributed by atoms with Crippen LogP contribution in [0.25, 0.3) is 0 Å². The lowest BCUT2D eigenvalue weighted by molar-refractivity contribution is 0.599. The Morgan fingerprint density at radius 2 is 2.23 bits per heavy atom. The summed E-state index contributed by atoms with van der Waals surface area (Å²) in [6, 6.07) is 0.832. The van der Waals surface area contributed by atoms with E-state index in [2.05, 4.69) is 5.18 Å². The monoisotopic (exact) mass is 220 g/mol. The molecular formula is C6H8N2O3S2. The molecule has 72 valence electrons. The van der Waals surface area contributed by atoms with E-state index in [-0.39, 0.29) is 4.21 Å². The normalized spacial score (nSPS) is 14.0. The molecule has 0 aliphatic heterocycles. The third-order valence-corrected chi connectivity index (χ3v) is 3.92. The maximum Gasteiger partial charge on any atom is 0.247 e. The van der Waals surface area contributed by atoms with Crippen LogP contribution in [0.2, 0.25) is 0 Å². The van der Waals surface area contributed by atoms with E-state index >= 15 is 0 Å². The van der Waals surface area contributed by atoms with Gasteiger partial charge >= 0.3 is 0 Å². The maximum absolute atomic E-state index is 10.8. The lowest BCUT2D eigenvalue weighted by atomic mass is 10.2. The van der Waals surface area contributed by atoms with Crippen molar-refractivity contribution in [1.82, 2.24) is 0 Å². The molecule has 13 heavy (non-hydrogen) atoms. The van der Waals surface area contributed by atoms with E-state index in [0.29, 0.717) is 5.56 Å². The van der Waals surface area contributed by atoms with E-state index in [1.165, 1.54) is 6.07 Å². The first-order valence-corrected chi connectivity index (χ1v) is 5.81. The second-order valence-electron chi connectivity index (χ2n) is 2.53. The molecule has 0 bridgehead atoms. The van der Waals surface area contributed by atoms with Gasteiger partial charge in [-0.05, 0) is 23.9 Å². The zero-order valence-electron chi connectivity index (χ0n) is 6.80. The van der Waals surface area contributed by atoms with Crippen LogP contribution in [0.15, 0.2) is 20.8 Å². The van der Waals surface area contributed by atoms with Crippen LogP contribution in [-0.2, 0) is 10.0 Å². The van der Waals surface area contributed by atoms with Crippen molar-refractivity contribution in [2.45, 2.75) is 17.2 Å². The van der Waals surface area contributed by atoms with E-state index < -0.39 is 16.1 Å².